The van der Waals surface area contributed by atoms with Crippen molar-refractivity contribution in [2.45, 2.75) is 26.5 Å². The second-order valence-corrected chi connectivity index (χ2v) is 3.88. The third-order valence-corrected chi connectivity index (χ3v) is 2.44. The van der Waals surface area contributed by atoms with E-state index in [0.29, 0.717) is 24.6 Å². The molecule has 5 nitrogen and oxygen atoms in total. The lowest BCUT2D eigenvalue weighted by Gasteiger charge is -2.15. The molecule has 18 heavy (non-hydrogen) atoms. The summed E-state index contributed by atoms with van der Waals surface area (Å²) in [7, 11) is 1.58. The van der Waals surface area contributed by atoms with Crippen LogP contribution >= 0.6 is 0 Å². The molecule has 100 valence electrons. The zero-order valence-corrected chi connectivity index (χ0v) is 11.0. The van der Waals surface area contributed by atoms with E-state index in [1.807, 2.05) is 13.0 Å². The lowest BCUT2D eigenvalue weighted by atomic mass is 10.2. The lowest BCUT2D eigenvalue weighted by molar-refractivity contribution is -0.127. The zero-order valence-electron chi connectivity index (χ0n) is 11.0. The Morgan fingerprint density at radius 2 is 2.06 bits per heavy atom. The number of carbonyl (C=O) groups is 1. The molecule has 0 saturated heterocycles. The van der Waals surface area contributed by atoms with Gasteiger partial charge in [0, 0.05) is 19.2 Å². The normalized spacial score (nSPS) is 11.8. The highest BCUT2D eigenvalue weighted by molar-refractivity contribution is 5.80. The van der Waals surface area contributed by atoms with E-state index in [0.717, 1.165) is 5.56 Å². The second-order valence-electron chi connectivity index (χ2n) is 3.88. The molecule has 0 aromatic heterocycles. The van der Waals surface area contributed by atoms with Gasteiger partial charge in [-0.3, -0.25) is 4.79 Å². The molecule has 0 spiro atoms. The monoisotopic (exact) mass is 252 g/mol. The Morgan fingerprint density at radius 1 is 1.39 bits per heavy atom. The molecule has 1 amide bonds. The van der Waals surface area contributed by atoms with Gasteiger partial charge in [-0.1, -0.05) is 0 Å². The van der Waals surface area contributed by atoms with Crippen LogP contribution in [-0.4, -0.2) is 25.7 Å². The van der Waals surface area contributed by atoms with E-state index in [1.54, 1.807) is 26.2 Å². The van der Waals surface area contributed by atoms with E-state index in [4.69, 9.17) is 15.2 Å². The molecule has 3 N–H and O–H groups in total. The van der Waals surface area contributed by atoms with E-state index in [2.05, 4.69) is 5.32 Å². The van der Waals surface area contributed by atoms with E-state index in [1.165, 1.54) is 0 Å². The largest absolute Gasteiger partial charge is 0.497 e. The molecule has 1 aromatic rings. The van der Waals surface area contributed by atoms with Gasteiger partial charge < -0.3 is 20.5 Å². The van der Waals surface area contributed by atoms with Gasteiger partial charge >= 0.3 is 0 Å². The van der Waals surface area contributed by atoms with Gasteiger partial charge in [-0.15, -0.1) is 0 Å². The average Bonchev–Trinajstić information content (AvgIpc) is 2.38. The molecular weight excluding hydrogens is 232 g/mol. The molecule has 0 aliphatic heterocycles. The van der Waals surface area contributed by atoms with Crippen LogP contribution in [0.25, 0.3) is 0 Å². The predicted molar refractivity (Wildman–Crippen MR) is 69.7 cm³/mol. The summed E-state index contributed by atoms with van der Waals surface area (Å²) < 4.78 is 10.7. The number of rotatable bonds is 6. The van der Waals surface area contributed by atoms with Crippen LogP contribution in [0.5, 0.6) is 11.5 Å². The topological polar surface area (TPSA) is 73.6 Å². The highest BCUT2D eigenvalue weighted by Crippen LogP contribution is 2.23. The summed E-state index contributed by atoms with van der Waals surface area (Å²) in [5.74, 6) is 1.10. The Balaban J connectivity index is 2.79. The Morgan fingerprint density at radius 3 is 2.61 bits per heavy atom. The smallest absolute Gasteiger partial charge is 0.260 e. The summed E-state index contributed by atoms with van der Waals surface area (Å²) in [6, 6.07) is 5.37. The molecule has 1 rings (SSSR count). The number of ether oxygens (including phenoxy) is 2. The maximum absolute atomic E-state index is 11.6. The molecular formula is C13H20N2O3. The number of benzene rings is 1. The molecule has 0 fully saturated rings. The van der Waals surface area contributed by atoms with Gasteiger partial charge in [-0.2, -0.15) is 0 Å². The van der Waals surface area contributed by atoms with E-state index < -0.39 is 6.10 Å². The van der Waals surface area contributed by atoms with Crippen LogP contribution in [0.4, 0.5) is 0 Å². The van der Waals surface area contributed by atoms with Crippen molar-refractivity contribution in [3.8, 4) is 11.5 Å². The van der Waals surface area contributed by atoms with Crippen molar-refractivity contribution in [1.82, 2.24) is 5.32 Å². The van der Waals surface area contributed by atoms with Crippen molar-refractivity contribution in [3.05, 3.63) is 23.8 Å². The van der Waals surface area contributed by atoms with Gasteiger partial charge in [0.05, 0.1) is 7.11 Å². The SMILES string of the molecule is CCNC(=O)C(C)Oc1cc(CN)cc(OC)c1. The van der Waals surface area contributed by atoms with Gasteiger partial charge in [0.1, 0.15) is 11.5 Å². The highest BCUT2D eigenvalue weighted by Gasteiger charge is 2.14. The van der Waals surface area contributed by atoms with E-state index >= 15 is 0 Å². The zero-order chi connectivity index (χ0) is 13.5. The summed E-state index contributed by atoms with van der Waals surface area (Å²) in [4.78, 5) is 11.6. The van der Waals surface area contributed by atoms with Gasteiger partial charge in [0.25, 0.3) is 5.91 Å². The summed E-state index contributed by atoms with van der Waals surface area (Å²) >= 11 is 0. The minimum Gasteiger partial charge on any atom is -0.497 e. The first kappa shape index (κ1) is 14.3. The van der Waals surface area contributed by atoms with Crippen molar-refractivity contribution in [2.24, 2.45) is 5.73 Å². The quantitative estimate of drug-likeness (QED) is 0.794. The van der Waals surface area contributed by atoms with E-state index in [9.17, 15) is 4.79 Å². The summed E-state index contributed by atoms with van der Waals surface area (Å²) in [6.07, 6.45) is -0.553. The van der Waals surface area contributed by atoms with Crippen molar-refractivity contribution in [1.29, 1.82) is 0 Å². The van der Waals surface area contributed by atoms with Crippen LogP contribution in [0.2, 0.25) is 0 Å². The number of hydrogen-bond acceptors (Lipinski definition) is 4. The van der Waals surface area contributed by atoms with Crippen molar-refractivity contribution in [3.63, 3.8) is 0 Å². The fourth-order valence-electron chi connectivity index (χ4n) is 1.51. The maximum Gasteiger partial charge on any atom is 0.260 e. The van der Waals surface area contributed by atoms with Gasteiger partial charge in [0.2, 0.25) is 0 Å². The molecule has 0 saturated carbocycles. The van der Waals surface area contributed by atoms with Crippen LogP contribution in [0.15, 0.2) is 18.2 Å². The van der Waals surface area contributed by atoms with Crippen LogP contribution in [0.1, 0.15) is 19.4 Å². The molecule has 0 aliphatic carbocycles. The lowest BCUT2D eigenvalue weighted by Crippen LogP contribution is -2.36. The number of carbonyl (C=O) groups excluding carboxylic acids is 1. The molecule has 0 heterocycles. The number of amides is 1. The van der Waals surface area contributed by atoms with Crippen LogP contribution in [0, 0.1) is 0 Å². The molecule has 0 bridgehead atoms. The third kappa shape index (κ3) is 3.92. The molecule has 1 unspecified atom stereocenters. The molecule has 5 heteroatoms. The fraction of sp³-hybridized carbons (Fsp3) is 0.462. The molecule has 0 aliphatic rings. The molecule has 1 atom stereocenters. The van der Waals surface area contributed by atoms with Crippen LogP contribution in [-0.2, 0) is 11.3 Å². The van der Waals surface area contributed by atoms with Gasteiger partial charge in [0.15, 0.2) is 6.10 Å². The van der Waals surface area contributed by atoms with Crippen molar-refractivity contribution < 1.29 is 14.3 Å². The summed E-state index contributed by atoms with van der Waals surface area (Å²) in [5, 5.41) is 2.70. The van der Waals surface area contributed by atoms with Crippen LogP contribution < -0.4 is 20.5 Å². The Kier molecular flexibility index (Phi) is 5.45. The van der Waals surface area contributed by atoms with Gasteiger partial charge in [-0.05, 0) is 31.5 Å². The Bertz CT molecular complexity index is 385. The average molecular weight is 252 g/mol. The number of likely N-dealkylation sites (N-methyl/N-ethyl adjacent to an activating group) is 1. The van der Waals surface area contributed by atoms with Gasteiger partial charge in [-0.25, -0.2) is 0 Å². The summed E-state index contributed by atoms with van der Waals surface area (Å²) in [6.45, 7) is 4.54. The fourth-order valence-corrected chi connectivity index (χ4v) is 1.51. The standard InChI is InChI=1S/C13H20N2O3/c1-4-15-13(16)9(2)18-12-6-10(8-14)5-11(7-12)17-3/h5-7,9H,4,8,14H2,1-3H3,(H,15,16). The first-order valence-corrected chi connectivity index (χ1v) is 5.93. The maximum atomic E-state index is 11.6. The number of methoxy groups -OCH3 is 1. The van der Waals surface area contributed by atoms with Crippen molar-refractivity contribution in [2.75, 3.05) is 13.7 Å². The molecule has 1 aromatic carbocycles. The van der Waals surface area contributed by atoms with Crippen molar-refractivity contribution >= 4 is 5.91 Å². The third-order valence-electron chi connectivity index (χ3n) is 2.44. The minimum absolute atomic E-state index is 0.144. The Hall–Kier alpha value is -1.75. The minimum atomic E-state index is -0.553. The van der Waals surface area contributed by atoms with Crippen LogP contribution in [0.3, 0.4) is 0 Å². The number of nitrogens with two attached hydrogens (primary N) is 1. The first-order valence-electron chi connectivity index (χ1n) is 5.93. The number of hydrogen-bond donors (Lipinski definition) is 2. The van der Waals surface area contributed by atoms with E-state index in [-0.39, 0.29) is 5.91 Å². The first-order chi connectivity index (χ1) is 8.60. The molecule has 0 radical (unpaired) electrons. The predicted octanol–water partition coefficient (Wildman–Crippen LogP) is 1.06. The Labute approximate surface area is 107 Å². The second kappa shape index (κ2) is 6.86. The highest BCUT2D eigenvalue weighted by atomic mass is 16.5. The summed E-state index contributed by atoms with van der Waals surface area (Å²) in [5.41, 5.74) is 6.49. The number of nitrogens with one attached hydrogen (secondary N) is 1.